The molecule has 3 N–H and O–H groups in total. The first kappa shape index (κ1) is 18.5. The van der Waals surface area contributed by atoms with Crippen LogP contribution in [-0.2, 0) is 0 Å². The van der Waals surface area contributed by atoms with Crippen LogP contribution in [0.3, 0.4) is 0 Å². The molecule has 6 nitrogen and oxygen atoms in total. The molecule has 7 heteroatoms. The Balaban J connectivity index is 1.56. The number of aromatic nitrogens is 4. The zero-order valence-electron chi connectivity index (χ0n) is 15.3. The first-order valence-electron chi connectivity index (χ1n) is 9.62. The van der Waals surface area contributed by atoms with Crippen LogP contribution < -0.4 is 5.73 Å². The Labute approximate surface area is 163 Å². The summed E-state index contributed by atoms with van der Waals surface area (Å²) < 4.78 is 3.86. The van der Waals surface area contributed by atoms with Crippen molar-refractivity contribution in [2.24, 2.45) is 11.7 Å². The van der Waals surface area contributed by atoms with Crippen molar-refractivity contribution in [2.45, 2.75) is 37.8 Å². The fourth-order valence-electron chi connectivity index (χ4n) is 3.94. The maximum absolute atomic E-state index is 9.39. The van der Waals surface area contributed by atoms with Crippen molar-refractivity contribution in [3.8, 4) is 11.1 Å². The van der Waals surface area contributed by atoms with Crippen LogP contribution in [-0.4, -0.2) is 43.7 Å². The molecule has 0 aliphatic heterocycles. The Hall–Kier alpha value is -1.89. The average molecular weight is 388 g/mol. The van der Waals surface area contributed by atoms with E-state index in [4.69, 9.17) is 22.4 Å². The van der Waals surface area contributed by atoms with Crippen LogP contribution in [0.15, 0.2) is 36.8 Å². The number of benzene rings is 1. The maximum atomic E-state index is 9.39. The minimum atomic E-state index is -0.202. The van der Waals surface area contributed by atoms with E-state index in [1.54, 1.807) is 4.68 Å². The zero-order valence-corrected chi connectivity index (χ0v) is 16.1. The number of nitrogens with two attached hydrogens (primary N) is 1. The molecular weight excluding hydrogens is 362 g/mol. The lowest BCUT2D eigenvalue weighted by Gasteiger charge is -2.27. The van der Waals surface area contributed by atoms with Gasteiger partial charge in [0.2, 0.25) is 0 Å². The third kappa shape index (κ3) is 3.74. The lowest BCUT2D eigenvalue weighted by Crippen LogP contribution is -2.23. The number of hydrogen-bond donors (Lipinski definition) is 2. The van der Waals surface area contributed by atoms with Gasteiger partial charge in [0.05, 0.1) is 30.4 Å². The number of rotatable bonds is 6. The summed E-state index contributed by atoms with van der Waals surface area (Å²) in [6, 6.07) is 6.58. The molecule has 1 saturated carbocycles. The van der Waals surface area contributed by atoms with Gasteiger partial charge in [-0.1, -0.05) is 12.1 Å². The Bertz CT molecular complexity index is 893. The van der Waals surface area contributed by atoms with E-state index in [9.17, 15) is 5.11 Å². The summed E-state index contributed by atoms with van der Waals surface area (Å²) in [7, 11) is 0. The SMILES string of the molecule is NCC1CCC(n2cc3ccc(-c4cnn(C(CO)CCl)c4)cc3n2)CC1. The van der Waals surface area contributed by atoms with Gasteiger partial charge < -0.3 is 10.8 Å². The Morgan fingerprint density at radius 2 is 2.00 bits per heavy atom. The predicted octanol–water partition coefficient (Wildman–Crippen LogP) is 3.36. The quantitative estimate of drug-likeness (QED) is 0.635. The van der Waals surface area contributed by atoms with E-state index in [0.29, 0.717) is 17.8 Å². The van der Waals surface area contributed by atoms with Gasteiger partial charge in [-0.15, -0.1) is 11.6 Å². The molecule has 27 heavy (non-hydrogen) atoms. The predicted molar refractivity (Wildman–Crippen MR) is 108 cm³/mol. The number of halogens is 1. The number of aliphatic hydroxyl groups excluding tert-OH is 1. The number of aliphatic hydroxyl groups is 1. The Morgan fingerprint density at radius 1 is 1.19 bits per heavy atom. The normalized spacial score (nSPS) is 21.6. The lowest BCUT2D eigenvalue weighted by molar-refractivity contribution is 0.231. The Morgan fingerprint density at radius 3 is 2.70 bits per heavy atom. The summed E-state index contributed by atoms with van der Waals surface area (Å²) in [6.45, 7) is 0.770. The van der Waals surface area contributed by atoms with Crippen LogP contribution >= 0.6 is 11.6 Å². The van der Waals surface area contributed by atoms with Gasteiger partial charge in [0.15, 0.2) is 0 Å². The van der Waals surface area contributed by atoms with Gasteiger partial charge in [0.25, 0.3) is 0 Å². The second-order valence-corrected chi connectivity index (χ2v) is 7.80. The third-order valence-electron chi connectivity index (χ3n) is 5.75. The van der Waals surface area contributed by atoms with E-state index in [0.717, 1.165) is 41.4 Å². The number of nitrogens with zero attached hydrogens (tertiary/aromatic N) is 4. The summed E-state index contributed by atoms with van der Waals surface area (Å²) in [5, 5.41) is 19.7. The highest BCUT2D eigenvalue weighted by atomic mass is 35.5. The topological polar surface area (TPSA) is 81.9 Å². The molecule has 0 spiro atoms. The monoisotopic (exact) mass is 387 g/mol. The van der Waals surface area contributed by atoms with Gasteiger partial charge in [-0.3, -0.25) is 9.36 Å². The van der Waals surface area contributed by atoms with Crippen LogP contribution in [0.4, 0.5) is 0 Å². The van der Waals surface area contributed by atoms with Gasteiger partial charge in [0, 0.05) is 29.2 Å². The highest BCUT2D eigenvalue weighted by Crippen LogP contribution is 2.33. The molecule has 144 valence electrons. The fourth-order valence-corrected chi connectivity index (χ4v) is 4.18. The molecule has 2 heterocycles. The van der Waals surface area contributed by atoms with E-state index in [-0.39, 0.29) is 12.6 Å². The van der Waals surface area contributed by atoms with Crippen LogP contribution in [0.25, 0.3) is 22.0 Å². The minimum absolute atomic E-state index is 0.0273. The molecule has 0 saturated heterocycles. The molecule has 0 radical (unpaired) electrons. The number of fused-ring (bicyclic) bond motifs is 1. The zero-order chi connectivity index (χ0) is 18.8. The van der Waals surface area contributed by atoms with Crippen molar-refractivity contribution in [1.82, 2.24) is 19.6 Å². The molecule has 1 unspecified atom stereocenters. The largest absolute Gasteiger partial charge is 0.394 e. The van der Waals surface area contributed by atoms with Gasteiger partial charge in [0.1, 0.15) is 0 Å². The van der Waals surface area contributed by atoms with Crippen molar-refractivity contribution >= 4 is 22.5 Å². The molecule has 1 fully saturated rings. The van der Waals surface area contributed by atoms with E-state index < -0.39 is 0 Å². The molecular formula is C20H26ClN5O. The highest BCUT2D eigenvalue weighted by Gasteiger charge is 2.22. The first-order valence-corrected chi connectivity index (χ1v) is 10.2. The molecule has 1 atom stereocenters. The molecule has 3 aromatic rings. The fraction of sp³-hybridized carbons (Fsp3) is 0.500. The molecule has 0 bridgehead atoms. The van der Waals surface area contributed by atoms with Crippen molar-refractivity contribution in [3.05, 3.63) is 36.8 Å². The standard InChI is InChI=1S/C20H26ClN5O/c21-8-19(13-27)25-12-17(10-23-25)15-3-4-16-11-26(24-20(16)7-15)18-5-1-14(9-22)2-6-18/h3-4,7,10-12,14,18-19,27H,1-2,5-6,8-9,13,22H2. The maximum Gasteiger partial charge on any atom is 0.0929 e. The number of alkyl halides is 1. The molecule has 0 amide bonds. The van der Waals surface area contributed by atoms with Crippen LogP contribution in [0.1, 0.15) is 37.8 Å². The smallest absolute Gasteiger partial charge is 0.0929 e. The summed E-state index contributed by atoms with van der Waals surface area (Å²) >= 11 is 5.89. The minimum Gasteiger partial charge on any atom is -0.394 e. The lowest BCUT2D eigenvalue weighted by atomic mass is 9.86. The second kappa shape index (κ2) is 8.00. The van der Waals surface area contributed by atoms with E-state index >= 15 is 0 Å². The third-order valence-corrected chi connectivity index (χ3v) is 6.10. The van der Waals surface area contributed by atoms with Crippen LogP contribution in [0, 0.1) is 5.92 Å². The van der Waals surface area contributed by atoms with Gasteiger partial charge in [-0.2, -0.15) is 10.2 Å². The van der Waals surface area contributed by atoms with Gasteiger partial charge >= 0.3 is 0 Å². The Kier molecular flexibility index (Phi) is 5.48. The van der Waals surface area contributed by atoms with Crippen molar-refractivity contribution in [2.75, 3.05) is 19.0 Å². The second-order valence-electron chi connectivity index (χ2n) is 7.49. The van der Waals surface area contributed by atoms with Gasteiger partial charge in [-0.25, -0.2) is 0 Å². The molecule has 1 aliphatic carbocycles. The number of hydrogen-bond acceptors (Lipinski definition) is 4. The summed E-state index contributed by atoms with van der Waals surface area (Å²) in [4.78, 5) is 0. The van der Waals surface area contributed by atoms with E-state index in [2.05, 4.69) is 34.2 Å². The van der Waals surface area contributed by atoms with Crippen molar-refractivity contribution in [1.29, 1.82) is 0 Å². The molecule has 4 rings (SSSR count). The van der Waals surface area contributed by atoms with Crippen molar-refractivity contribution in [3.63, 3.8) is 0 Å². The summed E-state index contributed by atoms with van der Waals surface area (Å²) in [5.41, 5.74) is 8.87. The van der Waals surface area contributed by atoms with E-state index in [1.165, 1.54) is 12.8 Å². The molecule has 1 aromatic carbocycles. The summed E-state index contributed by atoms with van der Waals surface area (Å²) in [5.74, 6) is 0.998. The summed E-state index contributed by atoms with van der Waals surface area (Å²) in [6.07, 6.45) is 10.6. The van der Waals surface area contributed by atoms with E-state index in [1.807, 2.05) is 12.4 Å². The van der Waals surface area contributed by atoms with Gasteiger partial charge in [-0.05, 0) is 49.8 Å². The molecule has 2 aromatic heterocycles. The van der Waals surface area contributed by atoms with Crippen LogP contribution in [0.5, 0.6) is 0 Å². The first-order chi connectivity index (χ1) is 13.2. The van der Waals surface area contributed by atoms with Crippen LogP contribution in [0.2, 0.25) is 0 Å². The average Bonchev–Trinajstić information content (AvgIpc) is 3.36. The molecule has 1 aliphatic rings. The van der Waals surface area contributed by atoms with Crippen molar-refractivity contribution < 1.29 is 5.11 Å². The highest BCUT2D eigenvalue weighted by molar-refractivity contribution is 6.18.